The van der Waals surface area contributed by atoms with Gasteiger partial charge in [0.25, 0.3) is 0 Å². The highest BCUT2D eigenvalue weighted by Gasteiger charge is 2.22. The molecule has 21 heavy (non-hydrogen) atoms. The maximum absolute atomic E-state index is 12.3. The summed E-state index contributed by atoms with van der Waals surface area (Å²) in [5.74, 6) is -0.830. The Morgan fingerprint density at radius 3 is 2.24 bits per heavy atom. The highest BCUT2D eigenvalue weighted by atomic mass is 16.4. The molecule has 2 rings (SSSR count). The van der Waals surface area contributed by atoms with Crippen molar-refractivity contribution in [3.05, 3.63) is 29.3 Å². The second kappa shape index (κ2) is 6.58. The first-order valence-electron chi connectivity index (χ1n) is 7.03. The summed E-state index contributed by atoms with van der Waals surface area (Å²) in [5.41, 5.74) is 2.93. The third-order valence-corrected chi connectivity index (χ3v) is 3.73. The minimum Gasteiger partial charge on any atom is -0.480 e. The van der Waals surface area contributed by atoms with Crippen LogP contribution in [-0.4, -0.2) is 59.6 Å². The minimum atomic E-state index is -0.830. The van der Waals surface area contributed by atoms with Gasteiger partial charge < -0.3 is 15.3 Å². The van der Waals surface area contributed by atoms with Crippen molar-refractivity contribution >= 4 is 17.7 Å². The molecule has 114 valence electrons. The molecule has 0 bridgehead atoms. The number of hydrogen-bond acceptors (Lipinski definition) is 3. The molecule has 2 amide bonds. The van der Waals surface area contributed by atoms with Gasteiger partial charge in [0, 0.05) is 31.9 Å². The summed E-state index contributed by atoms with van der Waals surface area (Å²) in [5, 5.41) is 11.7. The summed E-state index contributed by atoms with van der Waals surface area (Å²) < 4.78 is 0. The second-order valence-corrected chi connectivity index (χ2v) is 5.35. The normalized spacial score (nSPS) is 15.8. The molecule has 1 aliphatic rings. The van der Waals surface area contributed by atoms with E-state index in [4.69, 9.17) is 5.11 Å². The molecule has 2 N–H and O–H groups in total. The molecule has 0 radical (unpaired) electrons. The zero-order chi connectivity index (χ0) is 15.4. The number of piperazine rings is 1. The summed E-state index contributed by atoms with van der Waals surface area (Å²) in [7, 11) is 0. The number of para-hydroxylation sites is 1. The van der Waals surface area contributed by atoms with E-state index in [-0.39, 0.29) is 12.6 Å². The first-order valence-corrected chi connectivity index (χ1v) is 7.03. The Labute approximate surface area is 124 Å². The number of aliphatic carboxylic acids is 1. The Morgan fingerprint density at radius 2 is 1.71 bits per heavy atom. The molecule has 1 heterocycles. The van der Waals surface area contributed by atoms with E-state index in [0.29, 0.717) is 26.2 Å². The van der Waals surface area contributed by atoms with Gasteiger partial charge in [-0.3, -0.25) is 9.69 Å². The fourth-order valence-corrected chi connectivity index (χ4v) is 2.50. The van der Waals surface area contributed by atoms with Gasteiger partial charge in [0.2, 0.25) is 0 Å². The van der Waals surface area contributed by atoms with Crippen LogP contribution in [0.25, 0.3) is 0 Å². The number of carboxylic acid groups (broad SMARTS) is 1. The van der Waals surface area contributed by atoms with E-state index in [9.17, 15) is 9.59 Å². The maximum atomic E-state index is 12.3. The molecule has 0 saturated carbocycles. The number of nitrogens with zero attached hydrogens (tertiary/aromatic N) is 2. The standard InChI is InChI=1S/C15H21N3O3/c1-11-4-3-5-12(2)14(11)16-15(21)18-8-6-17(7-9-18)10-13(19)20/h3-5H,6-10H2,1-2H3,(H,16,21)(H,19,20). The fourth-order valence-electron chi connectivity index (χ4n) is 2.50. The summed E-state index contributed by atoms with van der Waals surface area (Å²) in [6.07, 6.45) is 0. The molecule has 1 fully saturated rings. The van der Waals surface area contributed by atoms with Gasteiger partial charge in [-0.2, -0.15) is 0 Å². The van der Waals surface area contributed by atoms with E-state index < -0.39 is 5.97 Å². The zero-order valence-corrected chi connectivity index (χ0v) is 12.4. The van der Waals surface area contributed by atoms with Crippen molar-refractivity contribution in [2.24, 2.45) is 0 Å². The predicted octanol–water partition coefficient (Wildman–Crippen LogP) is 1.54. The molecule has 1 aliphatic heterocycles. The van der Waals surface area contributed by atoms with Crippen molar-refractivity contribution in [3.63, 3.8) is 0 Å². The zero-order valence-electron chi connectivity index (χ0n) is 12.4. The van der Waals surface area contributed by atoms with E-state index >= 15 is 0 Å². The van der Waals surface area contributed by atoms with E-state index in [0.717, 1.165) is 16.8 Å². The highest BCUT2D eigenvalue weighted by molar-refractivity contribution is 5.91. The van der Waals surface area contributed by atoms with Crippen LogP contribution in [-0.2, 0) is 4.79 Å². The summed E-state index contributed by atoms with van der Waals surface area (Å²) in [4.78, 5) is 26.5. The van der Waals surface area contributed by atoms with Crippen LogP contribution < -0.4 is 5.32 Å². The number of hydrogen-bond donors (Lipinski definition) is 2. The topological polar surface area (TPSA) is 72.9 Å². The highest BCUT2D eigenvalue weighted by Crippen LogP contribution is 2.20. The number of urea groups is 1. The lowest BCUT2D eigenvalue weighted by Gasteiger charge is -2.34. The molecule has 6 nitrogen and oxygen atoms in total. The molecule has 0 spiro atoms. The Bertz CT molecular complexity index is 517. The quantitative estimate of drug-likeness (QED) is 0.886. The van der Waals surface area contributed by atoms with Crippen molar-refractivity contribution in [1.82, 2.24) is 9.80 Å². The predicted molar refractivity (Wildman–Crippen MR) is 80.6 cm³/mol. The maximum Gasteiger partial charge on any atom is 0.321 e. The van der Waals surface area contributed by atoms with Gasteiger partial charge >= 0.3 is 12.0 Å². The molecule has 1 saturated heterocycles. The average molecular weight is 291 g/mol. The van der Waals surface area contributed by atoms with Crippen LogP contribution in [0, 0.1) is 13.8 Å². The lowest BCUT2D eigenvalue weighted by atomic mass is 10.1. The molecule has 1 aromatic carbocycles. The Hall–Kier alpha value is -2.08. The van der Waals surface area contributed by atoms with Crippen LogP contribution in [0.5, 0.6) is 0 Å². The fraction of sp³-hybridized carbons (Fsp3) is 0.467. The number of carbonyl (C=O) groups is 2. The van der Waals surface area contributed by atoms with Crippen LogP contribution in [0.4, 0.5) is 10.5 Å². The van der Waals surface area contributed by atoms with Crippen molar-refractivity contribution in [3.8, 4) is 0 Å². The van der Waals surface area contributed by atoms with Crippen LogP contribution >= 0.6 is 0 Å². The summed E-state index contributed by atoms with van der Waals surface area (Å²) >= 11 is 0. The third-order valence-electron chi connectivity index (χ3n) is 3.73. The largest absolute Gasteiger partial charge is 0.480 e. The molecular formula is C15H21N3O3. The van der Waals surface area contributed by atoms with Crippen molar-refractivity contribution in [2.45, 2.75) is 13.8 Å². The molecular weight excluding hydrogens is 270 g/mol. The molecule has 1 aromatic rings. The van der Waals surface area contributed by atoms with Crippen LogP contribution in [0.2, 0.25) is 0 Å². The van der Waals surface area contributed by atoms with Gasteiger partial charge in [0.05, 0.1) is 6.54 Å². The third kappa shape index (κ3) is 3.95. The second-order valence-electron chi connectivity index (χ2n) is 5.35. The van der Waals surface area contributed by atoms with Gasteiger partial charge in [-0.15, -0.1) is 0 Å². The molecule has 0 aromatic heterocycles. The van der Waals surface area contributed by atoms with Crippen molar-refractivity contribution in [1.29, 1.82) is 0 Å². The number of benzene rings is 1. The van der Waals surface area contributed by atoms with E-state index in [1.165, 1.54) is 0 Å². The lowest BCUT2D eigenvalue weighted by molar-refractivity contribution is -0.138. The van der Waals surface area contributed by atoms with Gasteiger partial charge in [0.15, 0.2) is 0 Å². The lowest BCUT2D eigenvalue weighted by Crippen LogP contribution is -2.51. The molecule has 6 heteroatoms. The number of carboxylic acids is 1. The van der Waals surface area contributed by atoms with E-state index in [2.05, 4.69) is 5.32 Å². The number of carbonyl (C=O) groups excluding carboxylic acids is 1. The molecule has 0 aliphatic carbocycles. The minimum absolute atomic E-state index is 0.0341. The average Bonchev–Trinajstić information content (AvgIpc) is 2.43. The van der Waals surface area contributed by atoms with Gasteiger partial charge in [-0.1, -0.05) is 18.2 Å². The van der Waals surface area contributed by atoms with Crippen molar-refractivity contribution in [2.75, 3.05) is 38.0 Å². The summed E-state index contributed by atoms with van der Waals surface area (Å²) in [6.45, 7) is 6.24. The van der Waals surface area contributed by atoms with Crippen LogP contribution in [0.15, 0.2) is 18.2 Å². The van der Waals surface area contributed by atoms with E-state index in [1.807, 2.05) is 36.9 Å². The van der Waals surface area contributed by atoms with Crippen LogP contribution in [0.3, 0.4) is 0 Å². The van der Waals surface area contributed by atoms with Gasteiger partial charge in [-0.25, -0.2) is 4.79 Å². The summed E-state index contributed by atoms with van der Waals surface area (Å²) in [6, 6.07) is 5.77. The number of amides is 2. The van der Waals surface area contributed by atoms with Gasteiger partial charge in [0.1, 0.15) is 0 Å². The van der Waals surface area contributed by atoms with Crippen molar-refractivity contribution < 1.29 is 14.7 Å². The number of anilines is 1. The molecule has 0 atom stereocenters. The molecule has 0 unspecified atom stereocenters. The number of rotatable bonds is 3. The first-order chi connectivity index (χ1) is 9.97. The number of aryl methyl sites for hydroxylation is 2. The Morgan fingerprint density at radius 1 is 1.14 bits per heavy atom. The van der Waals surface area contributed by atoms with Gasteiger partial charge in [-0.05, 0) is 25.0 Å². The SMILES string of the molecule is Cc1cccc(C)c1NC(=O)N1CCN(CC(=O)O)CC1. The Balaban J connectivity index is 1.92. The van der Waals surface area contributed by atoms with Crippen LogP contribution in [0.1, 0.15) is 11.1 Å². The Kier molecular flexibility index (Phi) is 4.80. The van der Waals surface area contributed by atoms with E-state index in [1.54, 1.807) is 4.90 Å². The number of nitrogens with one attached hydrogen (secondary N) is 1. The smallest absolute Gasteiger partial charge is 0.321 e. The first kappa shape index (κ1) is 15.3. The monoisotopic (exact) mass is 291 g/mol.